The molecule has 0 spiro atoms. The zero-order chi connectivity index (χ0) is 14.9. The second-order valence-corrected chi connectivity index (χ2v) is 6.20. The summed E-state index contributed by atoms with van der Waals surface area (Å²) in [5.41, 5.74) is 12.2. The summed E-state index contributed by atoms with van der Waals surface area (Å²) in [5, 5.41) is 3.40. The number of benzene rings is 2. The van der Waals surface area contributed by atoms with Crippen LogP contribution in [0.15, 0.2) is 34.8 Å². The molecule has 0 bridgehead atoms. The molecule has 2 aromatic rings. The van der Waals surface area contributed by atoms with Crippen LogP contribution in [0.25, 0.3) is 0 Å². The Kier molecular flexibility index (Phi) is 4.45. The summed E-state index contributed by atoms with van der Waals surface area (Å²) in [5.74, 6) is 0. The van der Waals surface area contributed by atoms with Crippen molar-refractivity contribution in [1.82, 2.24) is 0 Å². The third-order valence-electron chi connectivity index (χ3n) is 3.16. The van der Waals surface area contributed by atoms with Gasteiger partial charge in [-0.1, -0.05) is 39.8 Å². The van der Waals surface area contributed by atoms with Crippen molar-refractivity contribution in [2.75, 3.05) is 5.32 Å². The van der Waals surface area contributed by atoms with Crippen molar-refractivity contribution in [2.24, 2.45) is 5.73 Å². The van der Waals surface area contributed by atoms with E-state index in [1.165, 1.54) is 11.1 Å². The van der Waals surface area contributed by atoms with Gasteiger partial charge in [-0.05, 0) is 56.2 Å². The predicted molar refractivity (Wildman–Crippen MR) is 94.0 cm³/mol. The fourth-order valence-corrected chi connectivity index (χ4v) is 2.54. The van der Waals surface area contributed by atoms with Crippen molar-refractivity contribution < 1.29 is 0 Å². The van der Waals surface area contributed by atoms with E-state index < -0.39 is 0 Å². The molecule has 0 fully saturated rings. The standard InChI is InChI=1S/C16H17BrN2S/c1-9-4-5-14(13(6-9)16(18)20)19-12-7-10(2)15(17)11(3)8-12/h4-8,19H,1-3H3,(H2,18,20). The van der Waals surface area contributed by atoms with E-state index in [4.69, 9.17) is 18.0 Å². The van der Waals surface area contributed by atoms with Crippen LogP contribution in [-0.2, 0) is 0 Å². The van der Waals surface area contributed by atoms with E-state index in [1.54, 1.807) is 0 Å². The molecule has 2 nitrogen and oxygen atoms in total. The minimum Gasteiger partial charge on any atom is -0.389 e. The number of thiocarbonyl (C=S) groups is 1. The number of nitrogens with two attached hydrogens (primary N) is 1. The third kappa shape index (κ3) is 3.19. The van der Waals surface area contributed by atoms with Crippen LogP contribution in [0.3, 0.4) is 0 Å². The Balaban J connectivity index is 2.42. The van der Waals surface area contributed by atoms with Gasteiger partial charge in [-0.2, -0.15) is 0 Å². The molecule has 3 N–H and O–H groups in total. The Morgan fingerprint density at radius 2 is 1.70 bits per heavy atom. The minimum atomic E-state index is 0.404. The molecule has 0 heterocycles. The molecule has 0 unspecified atom stereocenters. The monoisotopic (exact) mass is 348 g/mol. The van der Waals surface area contributed by atoms with Gasteiger partial charge in [0.15, 0.2) is 0 Å². The molecule has 4 heteroatoms. The molecule has 2 rings (SSSR count). The third-order valence-corrected chi connectivity index (χ3v) is 4.63. The molecule has 0 aliphatic rings. The second-order valence-electron chi connectivity index (χ2n) is 4.96. The lowest BCUT2D eigenvalue weighted by Gasteiger charge is -2.14. The number of anilines is 2. The van der Waals surface area contributed by atoms with Crippen LogP contribution in [0.5, 0.6) is 0 Å². The first kappa shape index (κ1) is 15.0. The van der Waals surface area contributed by atoms with Crippen LogP contribution in [-0.4, -0.2) is 4.99 Å². The molecular formula is C16H17BrN2S. The van der Waals surface area contributed by atoms with Gasteiger partial charge in [-0.3, -0.25) is 0 Å². The summed E-state index contributed by atoms with van der Waals surface area (Å²) >= 11 is 8.71. The van der Waals surface area contributed by atoms with Gasteiger partial charge in [0.2, 0.25) is 0 Å². The van der Waals surface area contributed by atoms with Gasteiger partial charge in [0, 0.05) is 21.4 Å². The maximum Gasteiger partial charge on any atom is 0.106 e. The number of hydrogen-bond acceptors (Lipinski definition) is 2. The van der Waals surface area contributed by atoms with E-state index in [9.17, 15) is 0 Å². The zero-order valence-electron chi connectivity index (χ0n) is 11.8. The lowest BCUT2D eigenvalue weighted by Crippen LogP contribution is -2.12. The van der Waals surface area contributed by atoms with Crippen LogP contribution in [0.4, 0.5) is 11.4 Å². The highest BCUT2D eigenvalue weighted by molar-refractivity contribution is 9.10. The summed E-state index contributed by atoms with van der Waals surface area (Å²) in [4.78, 5) is 0.404. The topological polar surface area (TPSA) is 38.0 Å². The molecule has 0 saturated heterocycles. The minimum absolute atomic E-state index is 0.404. The molecule has 104 valence electrons. The highest BCUT2D eigenvalue weighted by Gasteiger charge is 2.08. The summed E-state index contributed by atoms with van der Waals surface area (Å²) < 4.78 is 1.14. The van der Waals surface area contributed by atoms with Crippen molar-refractivity contribution in [3.8, 4) is 0 Å². The second kappa shape index (κ2) is 5.94. The normalized spacial score (nSPS) is 10.4. The maximum atomic E-state index is 5.80. The molecule has 0 aromatic heterocycles. The Morgan fingerprint density at radius 1 is 1.10 bits per heavy atom. The predicted octanol–water partition coefficient (Wildman–Crippen LogP) is 4.75. The Hall–Kier alpha value is -1.39. The fraction of sp³-hybridized carbons (Fsp3) is 0.188. The van der Waals surface area contributed by atoms with Gasteiger partial charge in [0.1, 0.15) is 4.99 Å². The average Bonchev–Trinajstić information content (AvgIpc) is 2.37. The van der Waals surface area contributed by atoms with Gasteiger partial charge in [-0.15, -0.1) is 0 Å². The molecule has 0 aliphatic carbocycles. The molecule has 0 amide bonds. The summed E-state index contributed by atoms with van der Waals surface area (Å²) in [6.45, 7) is 6.18. The van der Waals surface area contributed by atoms with Crippen molar-refractivity contribution in [2.45, 2.75) is 20.8 Å². The van der Waals surface area contributed by atoms with E-state index in [2.05, 4.69) is 47.2 Å². The van der Waals surface area contributed by atoms with E-state index in [0.717, 1.165) is 27.0 Å². The fourth-order valence-electron chi connectivity index (χ4n) is 2.14. The van der Waals surface area contributed by atoms with E-state index in [0.29, 0.717) is 4.99 Å². The van der Waals surface area contributed by atoms with E-state index >= 15 is 0 Å². The van der Waals surface area contributed by atoms with Gasteiger partial charge in [0.25, 0.3) is 0 Å². The van der Waals surface area contributed by atoms with Gasteiger partial charge < -0.3 is 11.1 Å². The first-order valence-electron chi connectivity index (χ1n) is 6.32. The summed E-state index contributed by atoms with van der Waals surface area (Å²) in [7, 11) is 0. The van der Waals surface area contributed by atoms with Crippen molar-refractivity contribution in [3.05, 3.63) is 57.1 Å². The summed E-state index contributed by atoms with van der Waals surface area (Å²) in [6.07, 6.45) is 0. The Bertz CT molecular complexity index is 657. The Labute approximate surface area is 133 Å². The number of halogens is 1. The average molecular weight is 349 g/mol. The van der Waals surface area contributed by atoms with Gasteiger partial charge in [-0.25, -0.2) is 0 Å². The molecule has 0 saturated carbocycles. The lowest BCUT2D eigenvalue weighted by molar-refractivity contribution is 1.33. The smallest absolute Gasteiger partial charge is 0.106 e. The van der Waals surface area contributed by atoms with Crippen LogP contribution < -0.4 is 11.1 Å². The van der Waals surface area contributed by atoms with Crippen molar-refractivity contribution in [1.29, 1.82) is 0 Å². The first-order chi connectivity index (χ1) is 9.38. The molecule has 2 aromatic carbocycles. The van der Waals surface area contributed by atoms with Crippen LogP contribution in [0.1, 0.15) is 22.3 Å². The Morgan fingerprint density at radius 3 is 2.25 bits per heavy atom. The van der Waals surface area contributed by atoms with Crippen molar-refractivity contribution in [3.63, 3.8) is 0 Å². The largest absolute Gasteiger partial charge is 0.389 e. The first-order valence-corrected chi connectivity index (χ1v) is 7.53. The maximum absolute atomic E-state index is 5.80. The molecule has 0 atom stereocenters. The number of aryl methyl sites for hydroxylation is 3. The van der Waals surface area contributed by atoms with Gasteiger partial charge in [0.05, 0.1) is 0 Å². The van der Waals surface area contributed by atoms with E-state index in [1.807, 2.05) is 25.1 Å². The molecule has 20 heavy (non-hydrogen) atoms. The van der Waals surface area contributed by atoms with Crippen LogP contribution in [0, 0.1) is 20.8 Å². The highest BCUT2D eigenvalue weighted by Crippen LogP contribution is 2.28. The molecule has 0 aliphatic heterocycles. The lowest BCUT2D eigenvalue weighted by atomic mass is 10.1. The van der Waals surface area contributed by atoms with Gasteiger partial charge >= 0.3 is 0 Å². The SMILES string of the molecule is Cc1ccc(Nc2cc(C)c(Br)c(C)c2)c(C(N)=S)c1. The summed E-state index contributed by atoms with van der Waals surface area (Å²) in [6, 6.07) is 10.3. The van der Waals surface area contributed by atoms with Crippen molar-refractivity contribution >= 4 is 44.5 Å². The highest BCUT2D eigenvalue weighted by atomic mass is 79.9. The molecular weight excluding hydrogens is 332 g/mol. The quantitative estimate of drug-likeness (QED) is 0.785. The van der Waals surface area contributed by atoms with Crippen LogP contribution in [0.2, 0.25) is 0 Å². The number of hydrogen-bond donors (Lipinski definition) is 2. The molecule has 0 radical (unpaired) electrons. The number of nitrogens with one attached hydrogen (secondary N) is 1. The van der Waals surface area contributed by atoms with Crippen LogP contribution >= 0.6 is 28.1 Å². The zero-order valence-corrected chi connectivity index (χ0v) is 14.2. The van der Waals surface area contributed by atoms with E-state index in [-0.39, 0.29) is 0 Å². The number of rotatable bonds is 3.